The quantitative estimate of drug-likeness (QED) is 0.868. The number of aromatic nitrogens is 1. The minimum Gasteiger partial charge on any atom is -0.480 e. The van der Waals surface area contributed by atoms with Gasteiger partial charge in [0.15, 0.2) is 0 Å². The molecule has 1 saturated heterocycles. The third kappa shape index (κ3) is 2.74. The van der Waals surface area contributed by atoms with Crippen LogP contribution in [-0.4, -0.2) is 39.1 Å². The number of pyridine rings is 1. The lowest BCUT2D eigenvalue weighted by atomic mass is 9.89. The third-order valence-corrected chi connectivity index (χ3v) is 3.76. The minimum atomic E-state index is -1.14. The number of carboxylic acids is 1. The molecular formula is C14H19N3O3. The number of carbonyl (C=O) groups is 2. The molecule has 1 aliphatic rings. The van der Waals surface area contributed by atoms with E-state index in [1.165, 1.54) is 4.90 Å². The normalized spacial score (nSPS) is 22.4. The number of hydrogen-bond donors (Lipinski definition) is 2. The van der Waals surface area contributed by atoms with Gasteiger partial charge in [0.2, 0.25) is 0 Å². The average molecular weight is 277 g/mol. The van der Waals surface area contributed by atoms with Crippen LogP contribution < -0.4 is 5.32 Å². The van der Waals surface area contributed by atoms with E-state index < -0.39 is 11.5 Å². The number of aryl methyl sites for hydroxylation is 1. The lowest BCUT2D eigenvalue weighted by molar-refractivity contribution is -0.150. The number of nitrogens with one attached hydrogen (secondary N) is 1. The molecule has 0 spiro atoms. The summed E-state index contributed by atoms with van der Waals surface area (Å²) in [7, 11) is 0. The number of carbonyl (C=O) groups excluding carboxylic acids is 1. The molecule has 108 valence electrons. The number of aliphatic carboxylic acids is 1. The molecule has 1 atom stereocenters. The summed E-state index contributed by atoms with van der Waals surface area (Å²) in [4.78, 5) is 29.3. The molecule has 0 radical (unpaired) electrons. The van der Waals surface area contributed by atoms with E-state index in [2.05, 4.69) is 10.3 Å². The van der Waals surface area contributed by atoms with Crippen molar-refractivity contribution < 1.29 is 14.7 Å². The van der Waals surface area contributed by atoms with Crippen LogP contribution in [0.25, 0.3) is 0 Å². The van der Waals surface area contributed by atoms with Crippen LogP contribution in [0, 0.1) is 6.92 Å². The van der Waals surface area contributed by atoms with Crippen LogP contribution in [0.1, 0.15) is 31.9 Å². The maximum Gasteiger partial charge on any atom is 0.329 e. The second-order valence-corrected chi connectivity index (χ2v) is 5.31. The second kappa shape index (κ2) is 5.48. The van der Waals surface area contributed by atoms with Gasteiger partial charge in [-0.3, -0.25) is 4.98 Å². The van der Waals surface area contributed by atoms with Crippen LogP contribution in [0.4, 0.5) is 10.5 Å². The summed E-state index contributed by atoms with van der Waals surface area (Å²) in [5, 5.41) is 12.1. The van der Waals surface area contributed by atoms with Gasteiger partial charge in [0.1, 0.15) is 5.54 Å². The second-order valence-electron chi connectivity index (χ2n) is 5.31. The van der Waals surface area contributed by atoms with E-state index in [0.717, 1.165) is 18.5 Å². The van der Waals surface area contributed by atoms with Crippen LogP contribution in [0.15, 0.2) is 18.3 Å². The van der Waals surface area contributed by atoms with Gasteiger partial charge in [-0.2, -0.15) is 0 Å². The number of rotatable bonds is 2. The average Bonchev–Trinajstić information content (AvgIpc) is 2.41. The van der Waals surface area contributed by atoms with Crippen molar-refractivity contribution in [1.82, 2.24) is 9.88 Å². The van der Waals surface area contributed by atoms with Gasteiger partial charge in [0, 0.05) is 12.2 Å². The molecule has 1 fully saturated rings. The van der Waals surface area contributed by atoms with Crippen molar-refractivity contribution in [2.45, 2.75) is 38.6 Å². The van der Waals surface area contributed by atoms with Crippen LogP contribution in [0.5, 0.6) is 0 Å². The van der Waals surface area contributed by atoms with E-state index in [9.17, 15) is 14.7 Å². The first-order valence-corrected chi connectivity index (χ1v) is 6.68. The van der Waals surface area contributed by atoms with Gasteiger partial charge in [-0.05, 0) is 45.2 Å². The molecule has 6 heteroatoms. The van der Waals surface area contributed by atoms with Crippen molar-refractivity contribution in [3.8, 4) is 0 Å². The number of amides is 2. The SMILES string of the molecule is Cc1ccc(NC(=O)N2CCCCC2(C)C(=O)O)cn1. The van der Waals surface area contributed by atoms with E-state index >= 15 is 0 Å². The summed E-state index contributed by atoms with van der Waals surface area (Å²) in [5.41, 5.74) is 0.288. The molecule has 1 unspecified atom stereocenters. The fourth-order valence-electron chi connectivity index (χ4n) is 2.40. The zero-order valence-electron chi connectivity index (χ0n) is 11.7. The summed E-state index contributed by atoms with van der Waals surface area (Å²) in [6, 6.07) is 3.16. The summed E-state index contributed by atoms with van der Waals surface area (Å²) < 4.78 is 0. The van der Waals surface area contributed by atoms with Gasteiger partial charge >= 0.3 is 12.0 Å². The molecule has 6 nitrogen and oxygen atoms in total. The Kier molecular flexibility index (Phi) is 3.92. The number of nitrogens with zero attached hydrogens (tertiary/aromatic N) is 2. The smallest absolute Gasteiger partial charge is 0.329 e. The number of likely N-dealkylation sites (tertiary alicyclic amines) is 1. The zero-order chi connectivity index (χ0) is 14.8. The standard InChI is InChI=1S/C14H19N3O3/c1-10-5-6-11(9-15-10)16-13(20)17-8-4-3-7-14(17,2)12(18)19/h5-6,9H,3-4,7-8H2,1-2H3,(H,16,20)(H,18,19). The maximum absolute atomic E-state index is 12.3. The molecule has 1 aromatic rings. The van der Waals surface area contributed by atoms with E-state index in [-0.39, 0.29) is 6.03 Å². The maximum atomic E-state index is 12.3. The Balaban J connectivity index is 2.14. The molecule has 1 aromatic heterocycles. The first-order chi connectivity index (χ1) is 9.43. The highest BCUT2D eigenvalue weighted by Gasteiger charge is 2.43. The van der Waals surface area contributed by atoms with Gasteiger partial charge in [0.05, 0.1) is 11.9 Å². The monoisotopic (exact) mass is 277 g/mol. The van der Waals surface area contributed by atoms with Crippen LogP contribution >= 0.6 is 0 Å². The van der Waals surface area contributed by atoms with Gasteiger partial charge in [-0.25, -0.2) is 9.59 Å². The van der Waals surface area contributed by atoms with Crippen molar-refractivity contribution in [2.24, 2.45) is 0 Å². The Hall–Kier alpha value is -2.11. The number of urea groups is 1. The van der Waals surface area contributed by atoms with Crippen molar-refractivity contribution in [3.05, 3.63) is 24.0 Å². The Labute approximate surface area is 117 Å². The van der Waals surface area contributed by atoms with Crippen molar-refractivity contribution in [3.63, 3.8) is 0 Å². The number of hydrogen-bond acceptors (Lipinski definition) is 3. The van der Waals surface area contributed by atoms with Gasteiger partial charge in [-0.15, -0.1) is 0 Å². The molecule has 2 heterocycles. The van der Waals surface area contributed by atoms with E-state index in [0.29, 0.717) is 18.7 Å². The molecule has 2 rings (SSSR count). The Morgan fingerprint density at radius 3 is 2.75 bits per heavy atom. The largest absolute Gasteiger partial charge is 0.480 e. The molecule has 0 aliphatic carbocycles. The highest BCUT2D eigenvalue weighted by Crippen LogP contribution is 2.28. The number of carboxylic acid groups (broad SMARTS) is 1. The van der Waals surface area contributed by atoms with E-state index in [4.69, 9.17) is 0 Å². The summed E-state index contributed by atoms with van der Waals surface area (Å²) in [6.07, 6.45) is 3.68. The topological polar surface area (TPSA) is 82.5 Å². The Morgan fingerprint density at radius 1 is 1.40 bits per heavy atom. The van der Waals surface area contributed by atoms with Crippen molar-refractivity contribution in [2.75, 3.05) is 11.9 Å². The van der Waals surface area contributed by atoms with Crippen LogP contribution in [0.2, 0.25) is 0 Å². The highest BCUT2D eigenvalue weighted by molar-refractivity contribution is 5.93. The fraction of sp³-hybridized carbons (Fsp3) is 0.500. The predicted molar refractivity (Wildman–Crippen MR) is 74.6 cm³/mol. The molecule has 20 heavy (non-hydrogen) atoms. The highest BCUT2D eigenvalue weighted by atomic mass is 16.4. The fourth-order valence-corrected chi connectivity index (χ4v) is 2.40. The Bertz CT molecular complexity index is 515. The van der Waals surface area contributed by atoms with Gasteiger partial charge in [0.25, 0.3) is 0 Å². The molecular weight excluding hydrogens is 258 g/mol. The van der Waals surface area contributed by atoms with E-state index in [1.807, 2.05) is 6.92 Å². The zero-order valence-corrected chi connectivity index (χ0v) is 11.7. The molecule has 2 N–H and O–H groups in total. The summed E-state index contributed by atoms with van der Waals surface area (Å²) >= 11 is 0. The van der Waals surface area contributed by atoms with Gasteiger partial charge < -0.3 is 15.3 Å². The lowest BCUT2D eigenvalue weighted by Gasteiger charge is -2.41. The molecule has 0 bridgehead atoms. The van der Waals surface area contributed by atoms with Crippen molar-refractivity contribution in [1.29, 1.82) is 0 Å². The molecule has 2 amide bonds. The van der Waals surface area contributed by atoms with Crippen LogP contribution in [0.3, 0.4) is 0 Å². The first-order valence-electron chi connectivity index (χ1n) is 6.68. The third-order valence-electron chi connectivity index (χ3n) is 3.76. The molecule has 0 aromatic carbocycles. The summed E-state index contributed by atoms with van der Waals surface area (Å²) in [5.74, 6) is -0.964. The summed E-state index contributed by atoms with van der Waals surface area (Å²) in [6.45, 7) is 3.91. The van der Waals surface area contributed by atoms with Crippen LogP contribution in [-0.2, 0) is 4.79 Å². The Morgan fingerprint density at radius 2 is 2.15 bits per heavy atom. The molecule has 0 saturated carbocycles. The predicted octanol–water partition coefficient (Wildman–Crippen LogP) is 2.25. The first kappa shape index (κ1) is 14.3. The van der Waals surface area contributed by atoms with Crippen molar-refractivity contribution >= 4 is 17.7 Å². The van der Waals surface area contributed by atoms with Gasteiger partial charge in [-0.1, -0.05) is 0 Å². The number of anilines is 1. The number of piperidine rings is 1. The minimum absolute atomic E-state index is 0.389. The van der Waals surface area contributed by atoms with E-state index in [1.54, 1.807) is 25.3 Å². The molecule has 1 aliphatic heterocycles. The lowest BCUT2D eigenvalue weighted by Crippen LogP contribution is -2.58.